The third-order valence-electron chi connectivity index (χ3n) is 2.35. The van der Waals surface area contributed by atoms with Gasteiger partial charge >= 0.3 is 0 Å². The van der Waals surface area contributed by atoms with E-state index in [4.69, 9.17) is 5.73 Å². The van der Waals surface area contributed by atoms with Crippen LogP contribution < -0.4 is 5.73 Å². The Balaban J connectivity index is 2.33. The van der Waals surface area contributed by atoms with Gasteiger partial charge in [-0.25, -0.2) is 0 Å². The second-order valence-corrected chi connectivity index (χ2v) is 3.22. The lowest BCUT2D eigenvalue weighted by molar-refractivity contribution is -0.121. The molecule has 2 heteroatoms. The minimum atomic E-state index is 0.319. The third-order valence-corrected chi connectivity index (χ3v) is 2.35. The first kappa shape index (κ1) is 7.73. The first-order valence-electron chi connectivity index (χ1n) is 3.96. The molecule has 0 atom stereocenters. The van der Waals surface area contributed by atoms with Crippen molar-refractivity contribution in [2.75, 3.05) is 0 Å². The molecule has 0 aromatic heterocycles. The van der Waals surface area contributed by atoms with Crippen LogP contribution in [0.15, 0.2) is 0 Å². The van der Waals surface area contributed by atoms with Crippen LogP contribution in [0.25, 0.3) is 0 Å². The molecule has 1 saturated carbocycles. The number of ketones is 1. The van der Waals surface area contributed by atoms with E-state index in [2.05, 4.69) is 0 Å². The molecule has 1 aliphatic rings. The zero-order valence-corrected chi connectivity index (χ0v) is 6.47. The van der Waals surface area contributed by atoms with E-state index >= 15 is 0 Å². The van der Waals surface area contributed by atoms with Crippen LogP contribution in [0, 0.1) is 5.92 Å². The molecule has 0 spiro atoms. The van der Waals surface area contributed by atoms with Gasteiger partial charge in [-0.1, -0.05) is 0 Å². The molecule has 0 heterocycles. The second kappa shape index (κ2) is 3.15. The molecule has 58 valence electrons. The van der Waals surface area contributed by atoms with Crippen LogP contribution in [-0.4, -0.2) is 11.8 Å². The smallest absolute Gasteiger partial charge is 0.132 e. The molecule has 1 aliphatic carbocycles. The van der Waals surface area contributed by atoms with Crippen LogP contribution >= 0.6 is 0 Å². The highest BCUT2D eigenvalue weighted by Crippen LogP contribution is 2.23. The van der Waals surface area contributed by atoms with E-state index in [0.29, 0.717) is 17.7 Å². The van der Waals surface area contributed by atoms with Crippen molar-refractivity contribution in [2.24, 2.45) is 11.7 Å². The summed E-state index contributed by atoms with van der Waals surface area (Å²) in [6.07, 6.45) is 4.08. The van der Waals surface area contributed by atoms with Crippen molar-refractivity contribution in [3.05, 3.63) is 0 Å². The van der Waals surface area contributed by atoms with Crippen LogP contribution in [0.1, 0.15) is 32.6 Å². The molecular weight excluding hydrogens is 126 g/mol. The molecule has 0 aromatic rings. The maximum absolute atomic E-state index is 10.9. The molecule has 0 saturated heterocycles. The summed E-state index contributed by atoms with van der Waals surface area (Å²) in [5.74, 6) is 0.659. The zero-order chi connectivity index (χ0) is 7.56. The van der Waals surface area contributed by atoms with Gasteiger partial charge in [0, 0.05) is 12.0 Å². The SMILES string of the molecule is CC(=O)C1CCC(N)CC1. The molecule has 10 heavy (non-hydrogen) atoms. The Morgan fingerprint density at radius 2 is 1.80 bits per heavy atom. The second-order valence-electron chi connectivity index (χ2n) is 3.22. The van der Waals surface area contributed by atoms with Crippen LogP contribution in [0.4, 0.5) is 0 Å². The Bertz CT molecular complexity index is 125. The van der Waals surface area contributed by atoms with Gasteiger partial charge in [-0.2, -0.15) is 0 Å². The largest absolute Gasteiger partial charge is 0.328 e. The van der Waals surface area contributed by atoms with Crippen molar-refractivity contribution in [3.63, 3.8) is 0 Å². The number of rotatable bonds is 1. The number of hydrogen-bond acceptors (Lipinski definition) is 2. The molecule has 0 amide bonds. The summed E-state index contributed by atoms with van der Waals surface area (Å²) in [7, 11) is 0. The molecule has 2 nitrogen and oxygen atoms in total. The van der Waals surface area contributed by atoms with E-state index in [1.54, 1.807) is 6.92 Å². The van der Waals surface area contributed by atoms with Gasteiger partial charge < -0.3 is 5.73 Å². The van der Waals surface area contributed by atoms with E-state index in [9.17, 15) is 4.79 Å². The Morgan fingerprint density at radius 3 is 2.20 bits per heavy atom. The van der Waals surface area contributed by atoms with Crippen molar-refractivity contribution in [3.8, 4) is 0 Å². The van der Waals surface area contributed by atoms with Crippen molar-refractivity contribution < 1.29 is 4.79 Å². The number of nitrogens with two attached hydrogens (primary N) is 1. The van der Waals surface area contributed by atoms with E-state index in [0.717, 1.165) is 25.7 Å². The number of carbonyl (C=O) groups excluding carboxylic acids is 1. The predicted octanol–water partition coefficient (Wildman–Crippen LogP) is 1.09. The fraction of sp³-hybridized carbons (Fsp3) is 0.875. The summed E-state index contributed by atoms with van der Waals surface area (Å²) < 4.78 is 0. The Hall–Kier alpha value is -0.370. The summed E-state index contributed by atoms with van der Waals surface area (Å²) >= 11 is 0. The Morgan fingerprint density at radius 1 is 1.30 bits per heavy atom. The first-order chi connectivity index (χ1) is 4.70. The van der Waals surface area contributed by atoms with Gasteiger partial charge in [0.15, 0.2) is 0 Å². The molecule has 1 rings (SSSR count). The molecule has 0 aromatic carbocycles. The standard InChI is InChI=1S/C8H15NO/c1-6(10)7-2-4-8(9)5-3-7/h7-8H,2-5,9H2,1H3. The van der Waals surface area contributed by atoms with Crippen LogP contribution in [0.2, 0.25) is 0 Å². The summed E-state index contributed by atoms with van der Waals surface area (Å²) in [6, 6.07) is 0.357. The summed E-state index contributed by atoms with van der Waals surface area (Å²) in [4.78, 5) is 10.9. The van der Waals surface area contributed by atoms with Crippen LogP contribution in [0.5, 0.6) is 0 Å². The number of Topliss-reactive ketones (excluding diaryl/α,β-unsaturated/α-hetero) is 1. The highest BCUT2D eigenvalue weighted by atomic mass is 16.1. The van der Waals surface area contributed by atoms with Gasteiger partial charge in [0.1, 0.15) is 5.78 Å². The van der Waals surface area contributed by atoms with E-state index in [1.807, 2.05) is 0 Å². The molecule has 0 bridgehead atoms. The van der Waals surface area contributed by atoms with E-state index in [-0.39, 0.29) is 0 Å². The summed E-state index contributed by atoms with van der Waals surface area (Å²) in [6.45, 7) is 1.68. The third kappa shape index (κ3) is 1.81. The van der Waals surface area contributed by atoms with Gasteiger partial charge in [0.25, 0.3) is 0 Å². The van der Waals surface area contributed by atoms with Gasteiger partial charge in [-0.15, -0.1) is 0 Å². The lowest BCUT2D eigenvalue weighted by Gasteiger charge is -2.23. The average molecular weight is 141 g/mol. The maximum Gasteiger partial charge on any atom is 0.132 e. The zero-order valence-electron chi connectivity index (χ0n) is 6.47. The summed E-state index contributed by atoms with van der Waals surface area (Å²) in [5, 5.41) is 0. The molecule has 1 fully saturated rings. The quantitative estimate of drug-likeness (QED) is 0.594. The Labute approximate surface area is 61.8 Å². The fourth-order valence-corrected chi connectivity index (χ4v) is 1.53. The fourth-order valence-electron chi connectivity index (χ4n) is 1.53. The van der Waals surface area contributed by atoms with E-state index < -0.39 is 0 Å². The molecule has 0 radical (unpaired) electrons. The van der Waals surface area contributed by atoms with Gasteiger partial charge in [0.05, 0.1) is 0 Å². The van der Waals surface area contributed by atoms with Gasteiger partial charge in [-0.05, 0) is 32.6 Å². The van der Waals surface area contributed by atoms with Crippen molar-refractivity contribution in [2.45, 2.75) is 38.6 Å². The van der Waals surface area contributed by atoms with Gasteiger partial charge in [0.2, 0.25) is 0 Å². The minimum Gasteiger partial charge on any atom is -0.328 e. The van der Waals surface area contributed by atoms with Gasteiger partial charge in [-0.3, -0.25) is 4.79 Å². The van der Waals surface area contributed by atoms with E-state index in [1.165, 1.54) is 0 Å². The molecule has 0 unspecified atom stereocenters. The number of hydrogen-bond donors (Lipinski definition) is 1. The predicted molar refractivity (Wildman–Crippen MR) is 40.6 cm³/mol. The monoisotopic (exact) mass is 141 g/mol. The first-order valence-corrected chi connectivity index (χ1v) is 3.96. The highest BCUT2D eigenvalue weighted by molar-refractivity contribution is 5.78. The van der Waals surface area contributed by atoms with Crippen LogP contribution in [0.3, 0.4) is 0 Å². The maximum atomic E-state index is 10.9. The molecule has 0 aliphatic heterocycles. The van der Waals surface area contributed by atoms with Crippen molar-refractivity contribution >= 4 is 5.78 Å². The molecule has 2 N–H and O–H groups in total. The minimum absolute atomic E-state index is 0.319. The Kier molecular flexibility index (Phi) is 2.44. The van der Waals surface area contributed by atoms with Crippen molar-refractivity contribution in [1.29, 1.82) is 0 Å². The average Bonchev–Trinajstić information content (AvgIpc) is 1.88. The lowest BCUT2D eigenvalue weighted by Crippen LogP contribution is -2.28. The van der Waals surface area contributed by atoms with Crippen molar-refractivity contribution in [1.82, 2.24) is 0 Å². The summed E-state index contributed by atoms with van der Waals surface area (Å²) in [5.41, 5.74) is 5.69. The topological polar surface area (TPSA) is 43.1 Å². The number of carbonyl (C=O) groups is 1. The highest BCUT2D eigenvalue weighted by Gasteiger charge is 2.21. The lowest BCUT2D eigenvalue weighted by atomic mass is 9.84. The van der Waals surface area contributed by atoms with Crippen LogP contribution in [-0.2, 0) is 4.79 Å². The molecular formula is C8H15NO. The normalized spacial score (nSPS) is 33.8.